The van der Waals surface area contributed by atoms with E-state index in [0.717, 1.165) is 16.8 Å². The van der Waals surface area contributed by atoms with Gasteiger partial charge in [-0.3, -0.25) is 14.2 Å². The third-order valence-corrected chi connectivity index (χ3v) is 6.80. The lowest BCUT2D eigenvalue weighted by Crippen LogP contribution is -2.23. The molecule has 0 bridgehead atoms. The van der Waals surface area contributed by atoms with Gasteiger partial charge in [0.1, 0.15) is 0 Å². The van der Waals surface area contributed by atoms with E-state index in [0.29, 0.717) is 25.3 Å². The zero-order chi connectivity index (χ0) is 20.5. The standard InChI is InChI=1S/C22H17ClN2O2S2/c1-13-6-5-7-14(2)20(13)25-21(27)15-8-3-4-9-16(15)24-22(25)28-12-17(26)18-10-11-19(23)29-18/h3-11H,12H2,1-2H3. The van der Waals surface area contributed by atoms with E-state index in [4.69, 9.17) is 16.6 Å². The molecule has 0 spiro atoms. The molecule has 0 saturated heterocycles. The summed E-state index contributed by atoms with van der Waals surface area (Å²) in [6.45, 7) is 3.94. The first-order valence-corrected chi connectivity index (χ1v) is 11.1. The monoisotopic (exact) mass is 440 g/mol. The molecule has 7 heteroatoms. The number of thiophene rings is 1. The molecule has 0 saturated carbocycles. The number of rotatable bonds is 5. The lowest BCUT2D eigenvalue weighted by atomic mass is 10.1. The third kappa shape index (κ3) is 3.88. The van der Waals surface area contributed by atoms with Gasteiger partial charge >= 0.3 is 0 Å². The number of para-hydroxylation sites is 2. The van der Waals surface area contributed by atoms with Gasteiger partial charge in [0.2, 0.25) is 0 Å². The zero-order valence-corrected chi connectivity index (χ0v) is 18.2. The average Bonchev–Trinajstić information content (AvgIpc) is 3.14. The number of carbonyl (C=O) groups excluding carboxylic acids is 1. The highest BCUT2D eigenvalue weighted by Gasteiger charge is 2.18. The Labute approximate surface area is 181 Å². The van der Waals surface area contributed by atoms with Crippen molar-refractivity contribution in [1.29, 1.82) is 0 Å². The quantitative estimate of drug-likeness (QED) is 0.227. The minimum absolute atomic E-state index is 0.0395. The van der Waals surface area contributed by atoms with Crippen molar-refractivity contribution in [1.82, 2.24) is 9.55 Å². The molecule has 146 valence electrons. The Morgan fingerprint density at radius 2 is 1.79 bits per heavy atom. The van der Waals surface area contributed by atoms with Gasteiger partial charge in [0, 0.05) is 0 Å². The van der Waals surface area contributed by atoms with Gasteiger partial charge in [0.15, 0.2) is 10.9 Å². The number of halogens is 1. The maximum Gasteiger partial charge on any atom is 0.266 e. The fourth-order valence-electron chi connectivity index (χ4n) is 3.23. The second-order valence-corrected chi connectivity index (χ2v) is 9.27. The van der Waals surface area contributed by atoms with Crippen molar-refractivity contribution in [3.05, 3.63) is 85.3 Å². The molecule has 4 aromatic rings. The smallest absolute Gasteiger partial charge is 0.266 e. The molecular formula is C22H17ClN2O2S2. The highest BCUT2D eigenvalue weighted by Crippen LogP contribution is 2.27. The highest BCUT2D eigenvalue weighted by atomic mass is 35.5. The van der Waals surface area contributed by atoms with Gasteiger partial charge in [-0.1, -0.05) is 53.7 Å². The van der Waals surface area contributed by atoms with Crippen LogP contribution < -0.4 is 5.56 Å². The Morgan fingerprint density at radius 3 is 2.48 bits per heavy atom. The average molecular weight is 441 g/mol. The van der Waals surface area contributed by atoms with Crippen molar-refractivity contribution >= 4 is 51.4 Å². The normalized spacial score (nSPS) is 11.1. The molecule has 0 aliphatic heterocycles. The molecule has 0 atom stereocenters. The maximum atomic E-state index is 13.4. The van der Waals surface area contributed by atoms with Gasteiger partial charge in [0.25, 0.3) is 5.56 Å². The van der Waals surface area contributed by atoms with Crippen LogP contribution in [0.1, 0.15) is 20.8 Å². The van der Waals surface area contributed by atoms with Gasteiger partial charge in [-0.05, 0) is 49.2 Å². The van der Waals surface area contributed by atoms with E-state index in [1.807, 2.05) is 50.2 Å². The number of nitrogens with zero attached hydrogens (tertiary/aromatic N) is 2. The second kappa shape index (κ2) is 8.14. The van der Waals surface area contributed by atoms with Crippen molar-refractivity contribution in [2.75, 3.05) is 5.75 Å². The Kier molecular flexibility index (Phi) is 5.58. The topological polar surface area (TPSA) is 52.0 Å². The van der Waals surface area contributed by atoms with E-state index in [1.54, 1.807) is 22.8 Å². The van der Waals surface area contributed by atoms with Crippen LogP contribution in [-0.2, 0) is 0 Å². The number of fused-ring (bicyclic) bond motifs is 1. The van der Waals surface area contributed by atoms with E-state index < -0.39 is 0 Å². The number of carbonyl (C=O) groups is 1. The number of thioether (sulfide) groups is 1. The summed E-state index contributed by atoms with van der Waals surface area (Å²) in [4.78, 5) is 31.3. The minimum Gasteiger partial charge on any atom is -0.292 e. The Hall–Kier alpha value is -2.41. The molecule has 0 N–H and O–H groups in total. The third-order valence-electron chi connectivity index (χ3n) is 4.59. The van der Waals surface area contributed by atoms with Crippen molar-refractivity contribution in [3.8, 4) is 5.69 Å². The molecule has 2 heterocycles. The van der Waals surface area contributed by atoms with Crippen LogP contribution in [-0.4, -0.2) is 21.1 Å². The molecule has 2 aromatic heterocycles. The van der Waals surface area contributed by atoms with Gasteiger partial charge < -0.3 is 0 Å². The van der Waals surface area contributed by atoms with Crippen molar-refractivity contribution < 1.29 is 4.79 Å². The number of aryl methyl sites for hydroxylation is 2. The number of hydrogen-bond acceptors (Lipinski definition) is 5. The first-order valence-electron chi connectivity index (χ1n) is 8.95. The van der Waals surface area contributed by atoms with Crippen LogP contribution in [0.5, 0.6) is 0 Å². The van der Waals surface area contributed by atoms with Crippen molar-refractivity contribution in [3.63, 3.8) is 0 Å². The lowest BCUT2D eigenvalue weighted by molar-refractivity contribution is 0.102. The molecule has 29 heavy (non-hydrogen) atoms. The second-order valence-electron chi connectivity index (χ2n) is 6.61. The summed E-state index contributed by atoms with van der Waals surface area (Å²) < 4.78 is 2.21. The first-order chi connectivity index (χ1) is 14.0. The Balaban J connectivity index is 1.84. The summed E-state index contributed by atoms with van der Waals surface area (Å²) in [5.74, 6) is 0.134. The van der Waals surface area contributed by atoms with Crippen molar-refractivity contribution in [2.45, 2.75) is 19.0 Å². The molecule has 0 radical (unpaired) electrons. The fraction of sp³-hybridized carbons (Fsp3) is 0.136. The molecule has 0 aliphatic rings. The first kappa shape index (κ1) is 19.9. The molecule has 0 unspecified atom stereocenters. The molecule has 4 rings (SSSR count). The number of Topliss-reactive ketones (excluding diaryl/α,β-unsaturated/α-hetero) is 1. The van der Waals surface area contributed by atoms with Crippen LogP contribution >= 0.6 is 34.7 Å². The molecular weight excluding hydrogens is 424 g/mol. The summed E-state index contributed by atoms with van der Waals surface area (Å²) in [5.41, 5.74) is 3.24. The van der Waals surface area contributed by atoms with Crippen LogP contribution in [0.2, 0.25) is 4.34 Å². The van der Waals surface area contributed by atoms with Crippen LogP contribution in [0.25, 0.3) is 16.6 Å². The maximum absolute atomic E-state index is 13.4. The van der Waals surface area contributed by atoms with Gasteiger partial charge in [-0.15, -0.1) is 11.3 Å². The van der Waals surface area contributed by atoms with Crippen molar-refractivity contribution in [2.24, 2.45) is 0 Å². The number of benzene rings is 2. The number of hydrogen-bond donors (Lipinski definition) is 0. The molecule has 4 nitrogen and oxygen atoms in total. The highest BCUT2D eigenvalue weighted by molar-refractivity contribution is 7.99. The van der Waals surface area contributed by atoms with Crippen LogP contribution in [0.4, 0.5) is 0 Å². The van der Waals surface area contributed by atoms with E-state index in [2.05, 4.69) is 0 Å². The van der Waals surface area contributed by atoms with Gasteiger partial charge in [0.05, 0.1) is 31.6 Å². The van der Waals surface area contributed by atoms with Crippen LogP contribution in [0, 0.1) is 13.8 Å². The molecule has 0 fully saturated rings. The van der Waals surface area contributed by atoms with E-state index >= 15 is 0 Å². The summed E-state index contributed by atoms with van der Waals surface area (Å²) in [6, 6.07) is 16.6. The van der Waals surface area contributed by atoms with E-state index in [1.165, 1.54) is 23.1 Å². The summed E-state index contributed by atoms with van der Waals surface area (Å²) in [5, 5.41) is 1.05. The predicted octanol–water partition coefficient (Wildman–Crippen LogP) is 5.69. The van der Waals surface area contributed by atoms with Gasteiger partial charge in [-0.2, -0.15) is 0 Å². The molecule has 0 aliphatic carbocycles. The summed E-state index contributed by atoms with van der Waals surface area (Å²) in [7, 11) is 0. The van der Waals surface area contributed by atoms with Crippen LogP contribution in [0.3, 0.4) is 0 Å². The van der Waals surface area contributed by atoms with Gasteiger partial charge in [-0.25, -0.2) is 4.98 Å². The lowest BCUT2D eigenvalue weighted by Gasteiger charge is -2.17. The SMILES string of the molecule is Cc1cccc(C)c1-n1c(SCC(=O)c2ccc(Cl)s2)nc2ccccc2c1=O. The number of aromatic nitrogens is 2. The van der Waals surface area contributed by atoms with E-state index in [9.17, 15) is 9.59 Å². The van der Waals surface area contributed by atoms with E-state index in [-0.39, 0.29) is 17.1 Å². The molecule has 0 amide bonds. The minimum atomic E-state index is -0.137. The Bertz CT molecular complexity index is 1270. The number of ketones is 1. The zero-order valence-electron chi connectivity index (χ0n) is 15.8. The van der Waals surface area contributed by atoms with Crippen LogP contribution in [0.15, 0.2) is 64.5 Å². The summed E-state index contributed by atoms with van der Waals surface area (Å²) in [6.07, 6.45) is 0. The Morgan fingerprint density at radius 1 is 1.07 bits per heavy atom. The predicted molar refractivity (Wildman–Crippen MR) is 121 cm³/mol. The fourth-order valence-corrected chi connectivity index (χ4v) is 5.18. The summed E-state index contributed by atoms with van der Waals surface area (Å²) >= 11 is 8.47. The largest absolute Gasteiger partial charge is 0.292 e. The molecule has 2 aromatic carbocycles.